The molecule has 148 valence electrons. The number of carbonyl (C=O) groups excluding carboxylic acids is 1. The van der Waals surface area contributed by atoms with Crippen molar-refractivity contribution in [1.82, 2.24) is 20.2 Å². The third kappa shape index (κ3) is 5.63. The SMILES string of the molecule is CN(C)c1ncc(C=CC(=O)NCC(c2ccccc2)N2CCCCC2)cn1. The summed E-state index contributed by atoms with van der Waals surface area (Å²) in [5.41, 5.74) is 2.05. The van der Waals surface area contributed by atoms with Gasteiger partial charge < -0.3 is 10.2 Å². The molecule has 1 fully saturated rings. The average molecular weight is 380 g/mol. The first-order valence-electron chi connectivity index (χ1n) is 9.88. The molecule has 1 unspecified atom stereocenters. The topological polar surface area (TPSA) is 61.4 Å². The number of nitrogens with zero attached hydrogens (tertiary/aromatic N) is 4. The molecule has 0 bridgehead atoms. The summed E-state index contributed by atoms with van der Waals surface area (Å²) < 4.78 is 0. The number of piperidine rings is 1. The van der Waals surface area contributed by atoms with E-state index in [1.807, 2.05) is 25.1 Å². The van der Waals surface area contributed by atoms with Gasteiger partial charge in [0.1, 0.15) is 0 Å². The second kappa shape index (κ2) is 9.99. The maximum absolute atomic E-state index is 12.3. The van der Waals surface area contributed by atoms with Gasteiger partial charge >= 0.3 is 0 Å². The zero-order valence-electron chi connectivity index (χ0n) is 16.7. The van der Waals surface area contributed by atoms with Gasteiger partial charge in [0, 0.05) is 44.7 Å². The number of amides is 1. The van der Waals surface area contributed by atoms with Crippen molar-refractivity contribution >= 4 is 17.9 Å². The molecule has 1 aliphatic heterocycles. The van der Waals surface area contributed by atoms with Crippen molar-refractivity contribution in [2.45, 2.75) is 25.3 Å². The summed E-state index contributed by atoms with van der Waals surface area (Å²) in [4.78, 5) is 25.2. The minimum atomic E-state index is -0.102. The molecular formula is C22H29N5O. The lowest BCUT2D eigenvalue weighted by atomic mass is 10.0. The van der Waals surface area contributed by atoms with Crippen LogP contribution in [0.2, 0.25) is 0 Å². The molecule has 6 heteroatoms. The Morgan fingerprint density at radius 2 is 1.82 bits per heavy atom. The van der Waals surface area contributed by atoms with Crippen molar-refractivity contribution in [1.29, 1.82) is 0 Å². The van der Waals surface area contributed by atoms with Crippen LogP contribution in [0.4, 0.5) is 5.95 Å². The highest BCUT2D eigenvalue weighted by atomic mass is 16.1. The van der Waals surface area contributed by atoms with Crippen molar-refractivity contribution in [3.8, 4) is 0 Å². The smallest absolute Gasteiger partial charge is 0.244 e. The standard InChI is InChI=1S/C22H29N5O/c1-26(2)22-24-15-18(16-25-22)11-12-21(28)23-17-20(19-9-5-3-6-10-19)27-13-7-4-8-14-27/h3,5-6,9-12,15-16,20H,4,7-8,13-14,17H2,1-2H3,(H,23,28). The Kier molecular flexibility index (Phi) is 7.14. The van der Waals surface area contributed by atoms with Gasteiger partial charge in [0.15, 0.2) is 0 Å². The molecule has 0 aliphatic carbocycles. The number of hydrogen-bond donors (Lipinski definition) is 1. The first kappa shape index (κ1) is 20.0. The molecule has 2 aromatic rings. The maximum atomic E-state index is 12.3. The van der Waals surface area contributed by atoms with E-state index < -0.39 is 0 Å². The first-order chi connectivity index (χ1) is 13.6. The average Bonchev–Trinajstić information content (AvgIpc) is 2.74. The number of likely N-dealkylation sites (tertiary alicyclic amines) is 1. The monoisotopic (exact) mass is 379 g/mol. The van der Waals surface area contributed by atoms with Crippen LogP contribution < -0.4 is 10.2 Å². The molecule has 1 amide bonds. The molecule has 0 radical (unpaired) electrons. The lowest BCUT2D eigenvalue weighted by molar-refractivity contribution is -0.116. The first-order valence-corrected chi connectivity index (χ1v) is 9.88. The van der Waals surface area contributed by atoms with Crippen molar-refractivity contribution in [2.24, 2.45) is 0 Å². The summed E-state index contributed by atoms with van der Waals surface area (Å²) in [5.74, 6) is 0.545. The molecule has 1 aromatic carbocycles. The zero-order valence-corrected chi connectivity index (χ0v) is 16.7. The van der Waals surface area contributed by atoms with Crippen LogP contribution in [0.3, 0.4) is 0 Å². The van der Waals surface area contributed by atoms with E-state index in [2.05, 4.69) is 44.5 Å². The Morgan fingerprint density at radius 3 is 2.46 bits per heavy atom. The molecule has 0 saturated carbocycles. The number of nitrogens with one attached hydrogen (secondary N) is 1. The molecule has 3 rings (SSSR count). The van der Waals surface area contributed by atoms with Crippen molar-refractivity contribution in [3.63, 3.8) is 0 Å². The predicted octanol–water partition coefficient (Wildman–Crippen LogP) is 2.90. The number of hydrogen-bond acceptors (Lipinski definition) is 5. The molecule has 28 heavy (non-hydrogen) atoms. The Labute approximate surface area is 167 Å². The van der Waals surface area contributed by atoms with Crippen LogP contribution in [-0.4, -0.2) is 54.5 Å². The molecule has 6 nitrogen and oxygen atoms in total. The number of carbonyl (C=O) groups is 1. The van der Waals surface area contributed by atoms with Crippen molar-refractivity contribution in [2.75, 3.05) is 38.6 Å². The summed E-state index contributed by atoms with van der Waals surface area (Å²) in [5, 5.41) is 3.06. The van der Waals surface area contributed by atoms with Crippen molar-refractivity contribution in [3.05, 3.63) is 59.9 Å². The fourth-order valence-electron chi connectivity index (χ4n) is 3.44. The Morgan fingerprint density at radius 1 is 1.14 bits per heavy atom. The van der Waals surface area contributed by atoms with Gasteiger partial charge in [0.05, 0.1) is 6.04 Å². The maximum Gasteiger partial charge on any atom is 0.244 e. The van der Waals surface area contributed by atoms with E-state index in [9.17, 15) is 4.79 Å². The molecule has 1 saturated heterocycles. The molecule has 1 aliphatic rings. The van der Waals surface area contributed by atoms with E-state index in [0.29, 0.717) is 12.5 Å². The minimum Gasteiger partial charge on any atom is -0.351 e. The Bertz CT molecular complexity index is 767. The lowest BCUT2D eigenvalue weighted by Crippen LogP contribution is -2.40. The summed E-state index contributed by atoms with van der Waals surface area (Å²) in [7, 11) is 3.79. The Hall–Kier alpha value is -2.73. The fourth-order valence-corrected chi connectivity index (χ4v) is 3.44. The number of benzene rings is 1. The number of anilines is 1. The van der Waals surface area contributed by atoms with Gasteiger partial charge in [-0.2, -0.15) is 0 Å². The van der Waals surface area contributed by atoms with Crippen LogP contribution >= 0.6 is 0 Å². The molecule has 0 spiro atoms. The van der Waals surface area contributed by atoms with Crippen LogP contribution in [0.5, 0.6) is 0 Å². The Balaban J connectivity index is 1.59. The molecular weight excluding hydrogens is 350 g/mol. The lowest BCUT2D eigenvalue weighted by Gasteiger charge is -2.35. The van der Waals surface area contributed by atoms with E-state index in [0.717, 1.165) is 18.7 Å². The van der Waals surface area contributed by atoms with Gasteiger partial charge in [-0.1, -0.05) is 36.8 Å². The second-order valence-electron chi connectivity index (χ2n) is 7.31. The van der Waals surface area contributed by atoms with Gasteiger partial charge in [0.2, 0.25) is 11.9 Å². The van der Waals surface area contributed by atoms with E-state index in [-0.39, 0.29) is 11.9 Å². The highest BCUT2D eigenvalue weighted by Gasteiger charge is 2.22. The highest BCUT2D eigenvalue weighted by molar-refractivity contribution is 5.91. The molecule has 1 atom stereocenters. The largest absolute Gasteiger partial charge is 0.351 e. The molecule has 1 N–H and O–H groups in total. The fraction of sp³-hybridized carbons (Fsp3) is 0.409. The van der Waals surface area contributed by atoms with Crippen LogP contribution in [0.15, 0.2) is 48.8 Å². The van der Waals surface area contributed by atoms with E-state index in [1.165, 1.54) is 24.8 Å². The third-order valence-corrected chi connectivity index (χ3v) is 4.97. The summed E-state index contributed by atoms with van der Waals surface area (Å²) in [6.45, 7) is 2.77. The van der Waals surface area contributed by atoms with Gasteiger partial charge in [-0.15, -0.1) is 0 Å². The van der Waals surface area contributed by atoms with E-state index in [4.69, 9.17) is 0 Å². The zero-order chi connectivity index (χ0) is 19.8. The van der Waals surface area contributed by atoms with Gasteiger partial charge in [0.25, 0.3) is 0 Å². The molecule has 2 heterocycles. The summed E-state index contributed by atoms with van der Waals surface area (Å²) in [6.07, 6.45) is 10.5. The van der Waals surface area contributed by atoms with E-state index >= 15 is 0 Å². The minimum absolute atomic E-state index is 0.102. The van der Waals surface area contributed by atoms with Gasteiger partial charge in [-0.25, -0.2) is 9.97 Å². The number of aromatic nitrogens is 2. The van der Waals surface area contributed by atoms with Crippen LogP contribution in [0.25, 0.3) is 6.08 Å². The van der Waals surface area contributed by atoms with Gasteiger partial charge in [-0.05, 0) is 37.6 Å². The van der Waals surface area contributed by atoms with Crippen LogP contribution in [-0.2, 0) is 4.79 Å². The normalized spacial score (nSPS) is 16.1. The van der Waals surface area contributed by atoms with E-state index in [1.54, 1.807) is 24.5 Å². The highest BCUT2D eigenvalue weighted by Crippen LogP contribution is 2.24. The summed E-state index contributed by atoms with van der Waals surface area (Å²) >= 11 is 0. The second-order valence-corrected chi connectivity index (χ2v) is 7.31. The van der Waals surface area contributed by atoms with Crippen LogP contribution in [0.1, 0.15) is 36.4 Å². The van der Waals surface area contributed by atoms with Crippen LogP contribution in [0, 0.1) is 0 Å². The number of rotatable bonds is 7. The quantitative estimate of drug-likeness (QED) is 0.750. The summed E-state index contributed by atoms with van der Waals surface area (Å²) in [6, 6.07) is 10.6. The third-order valence-electron chi connectivity index (χ3n) is 4.97. The molecule has 1 aromatic heterocycles. The van der Waals surface area contributed by atoms with Gasteiger partial charge in [-0.3, -0.25) is 9.69 Å². The predicted molar refractivity (Wildman–Crippen MR) is 113 cm³/mol. The van der Waals surface area contributed by atoms with Crippen molar-refractivity contribution < 1.29 is 4.79 Å².